The van der Waals surface area contributed by atoms with E-state index in [1.54, 1.807) is 6.92 Å². The maximum Gasteiger partial charge on any atom is 0.212 e. The second kappa shape index (κ2) is 4.90. The van der Waals surface area contributed by atoms with E-state index >= 15 is 0 Å². The van der Waals surface area contributed by atoms with Gasteiger partial charge in [-0.3, -0.25) is 0 Å². The van der Waals surface area contributed by atoms with Crippen molar-refractivity contribution in [2.45, 2.75) is 13.0 Å². The highest BCUT2D eigenvalue weighted by Crippen LogP contribution is 1.90. The molecule has 0 atom stereocenters. The average Bonchev–Trinajstić information content (AvgIpc) is 1.94. The van der Waals surface area contributed by atoms with Crippen LogP contribution in [0.15, 0.2) is 0 Å². The predicted octanol–water partition coefficient (Wildman–Crippen LogP) is -1.51. The molecule has 1 aliphatic heterocycles. The largest absolute Gasteiger partial charge is 0.314 e. The van der Waals surface area contributed by atoms with Crippen molar-refractivity contribution in [1.82, 2.24) is 15.4 Å². The maximum absolute atomic E-state index is 11.2. The van der Waals surface area contributed by atoms with Crippen LogP contribution in [0.1, 0.15) is 6.92 Å². The molecule has 6 heteroatoms. The van der Waals surface area contributed by atoms with Crippen molar-refractivity contribution in [2.24, 2.45) is 0 Å². The first-order chi connectivity index (χ1) is 6.14. The lowest BCUT2D eigenvalue weighted by atomic mass is 10.2. The van der Waals surface area contributed by atoms with Gasteiger partial charge in [0, 0.05) is 32.2 Å². The van der Waals surface area contributed by atoms with Crippen LogP contribution in [0.4, 0.5) is 0 Å². The molecule has 78 valence electrons. The Morgan fingerprint density at radius 2 is 2.15 bits per heavy atom. The van der Waals surface area contributed by atoms with Gasteiger partial charge >= 0.3 is 0 Å². The van der Waals surface area contributed by atoms with E-state index in [2.05, 4.69) is 15.4 Å². The highest BCUT2D eigenvalue weighted by Gasteiger charge is 2.16. The second-order valence-electron chi connectivity index (χ2n) is 3.13. The molecule has 0 spiro atoms. The lowest BCUT2D eigenvalue weighted by molar-refractivity contribution is 0.374. The second-order valence-corrected chi connectivity index (χ2v) is 5.05. The molecule has 0 aromatic rings. The lowest BCUT2D eigenvalue weighted by Gasteiger charge is -2.28. The van der Waals surface area contributed by atoms with E-state index in [0.717, 1.165) is 13.1 Å². The molecule has 0 unspecified atom stereocenters. The molecule has 3 N–H and O–H groups in total. The molecule has 0 aromatic heterocycles. The van der Waals surface area contributed by atoms with E-state index in [0.29, 0.717) is 19.1 Å². The van der Waals surface area contributed by atoms with E-state index < -0.39 is 10.0 Å². The standard InChI is InChI=1S/C7H17N3O2S/c1-2-10-13(11,12)4-3-9-7-5-8-6-7/h7-10H,2-6H2,1H3. The van der Waals surface area contributed by atoms with Crippen molar-refractivity contribution in [1.29, 1.82) is 0 Å². The zero-order chi connectivity index (χ0) is 9.73. The van der Waals surface area contributed by atoms with Gasteiger partial charge in [-0.05, 0) is 0 Å². The van der Waals surface area contributed by atoms with Gasteiger partial charge in [-0.15, -0.1) is 0 Å². The van der Waals surface area contributed by atoms with Crippen LogP contribution in [-0.4, -0.2) is 46.4 Å². The fraction of sp³-hybridized carbons (Fsp3) is 1.00. The normalized spacial score (nSPS) is 18.5. The Kier molecular flexibility index (Phi) is 4.11. The Bertz CT molecular complexity index is 236. The minimum absolute atomic E-state index is 0.164. The minimum Gasteiger partial charge on any atom is -0.314 e. The summed E-state index contributed by atoms with van der Waals surface area (Å²) in [6, 6.07) is 0.455. The topological polar surface area (TPSA) is 70.2 Å². The molecule has 1 rings (SSSR count). The zero-order valence-electron chi connectivity index (χ0n) is 7.84. The third-order valence-electron chi connectivity index (χ3n) is 1.95. The van der Waals surface area contributed by atoms with Gasteiger partial charge in [0.05, 0.1) is 5.75 Å². The molecule has 0 radical (unpaired) electrons. The summed E-state index contributed by atoms with van der Waals surface area (Å²) in [6.45, 7) is 4.67. The minimum atomic E-state index is -3.04. The summed E-state index contributed by atoms with van der Waals surface area (Å²) in [5.74, 6) is 0.164. The third-order valence-corrected chi connectivity index (χ3v) is 3.42. The molecule has 1 aliphatic rings. The summed E-state index contributed by atoms with van der Waals surface area (Å²) in [6.07, 6.45) is 0. The van der Waals surface area contributed by atoms with Gasteiger partial charge in [-0.25, -0.2) is 13.1 Å². The van der Waals surface area contributed by atoms with Gasteiger partial charge in [-0.1, -0.05) is 6.92 Å². The average molecular weight is 207 g/mol. The Labute approximate surface area is 79.3 Å². The SMILES string of the molecule is CCNS(=O)(=O)CCNC1CNC1. The summed E-state index contributed by atoms with van der Waals surface area (Å²) in [4.78, 5) is 0. The van der Waals surface area contributed by atoms with Crippen LogP contribution in [0.3, 0.4) is 0 Å². The van der Waals surface area contributed by atoms with Gasteiger partial charge in [-0.2, -0.15) is 0 Å². The van der Waals surface area contributed by atoms with Gasteiger partial charge in [0.1, 0.15) is 0 Å². The Balaban J connectivity index is 2.09. The lowest BCUT2D eigenvalue weighted by Crippen LogP contribution is -2.56. The molecule has 0 aliphatic carbocycles. The molecule has 13 heavy (non-hydrogen) atoms. The smallest absolute Gasteiger partial charge is 0.212 e. The first kappa shape index (κ1) is 10.9. The monoisotopic (exact) mass is 207 g/mol. The van der Waals surface area contributed by atoms with Gasteiger partial charge in [0.15, 0.2) is 0 Å². The van der Waals surface area contributed by atoms with Crippen molar-refractivity contribution in [3.63, 3.8) is 0 Å². The summed E-state index contributed by atoms with van der Waals surface area (Å²) in [7, 11) is -3.04. The number of nitrogens with one attached hydrogen (secondary N) is 3. The van der Waals surface area contributed by atoms with Crippen LogP contribution in [-0.2, 0) is 10.0 Å². The molecule has 1 heterocycles. The molecule has 1 saturated heterocycles. The fourth-order valence-electron chi connectivity index (χ4n) is 1.12. The molecular weight excluding hydrogens is 190 g/mol. The molecular formula is C7H17N3O2S. The highest BCUT2D eigenvalue weighted by atomic mass is 32.2. The molecule has 1 fully saturated rings. The van der Waals surface area contributed by atoms with Crippen molar-refractivity contribution < 1.29 is 8.42 Å². The number of hydrogen-bond donors (Lipinski definition) is 3. The quantitative estimate of drug-likeness (QED) is 0.495. The van der Waals surface area contributed by atoms with E-state index in [-0.39, 0.29) is 5.75 Å². The Hall–Kier alpha value is -0.170. The summed E-state index contributed by atoms with van der Waals surface area (Å²) >= 11 is 0. The van der Waals surface area contributed by atoms with Crippen molar-refractivity contribution >= 4 is 10.0 Å². The number of rotatable bonds is 6. The predicted molar refractivity (Wildman–Crippen MR) is 52.1 cm³/mol. The van der Waals surface area contributed by atoms with Crippen LogP contribution in [0.25, 0.3) is 0 Å². The van der Waals surface area contributed by atoms with Crippen LogP contribution >= 0.6 is 0 Å². The Morgan fingerprint density at radius 1 is 1.46 bits per heavy atom. The van der Waals surface area contributed by atoms with Crippen molar-refractivity contribution in [3.05, 3.63) is 0 Å². The van der Waals surface area contributed by atoms with Crippen LogP contribution in [0.5, 0.6) is 0 Å². The summed E-state index contributed by atoms with van der Waals surface area (Å²) < 4.78 is 24.8. The first-order valence-corrected chi connectivity index (χ1v) is 6.20. The molecule has 0 saturated carbocycles. The van der Waals surface area contributed by atoms with E-state index in [4.69, 9.17) is 0 Å². The summed E-state index contributed by atoms with van der Waals surface area (Å²) in [5, 5.41) is 6.26. The molecule has 0 amide bonds. The van der Waals surface area contributed by atoms with Crippen LogP contribution in [0, 0.1) is 0 Å². The maximum atomic E-state index is 11.2. The molecule has 5 nitrogen and oxygen atoms in total. The number of sulfonamides is 1. The van der Waals surface area contributed by atoms with E-state index in [1.165, 1.54) is 0 Å². The van der Waals surface area contributed by atoms with Gasteiger partial charge in [0.2, 0.25) is 10.0 Å². The molecule has 0 bridgehead atoms. The third kappa shape index (κ3) is 4.04. The van der Waals surface area contributed by atoms with E-state index in [9.17, 15) is 8.42 Å². The highest BCUT2D eigenvalue weighted by molar-refractivity contribution is 7.89. The van der Waals surface area contributed by atoms with Crippen molar-refractivity contribution in [2.75, 3.05) is 31.9 Å². The Morgan fingerprint density at radius 3 is 2.62 bits per heavy atom. The van der Waals surface area contributed by atoms with Crippen molar-refractivity contribution in [3.8, 4) is 0 Å². The first-order valence-electron chi connectivity index (χ1n) is 4.55. The van der Waals surface area contributed by atoms with Gasteiger partial charge < -0.3 is 10.6 Å². The zero-order valence-corrected chi connectivity index (χ0v) is 8.65. The summed E-state index contributed by atoms with van der Waals surface area (Å²) in [5.41, 5.74) is 0. The van der Waals surface area contributed by atoms with Crippen LogP contribution in [0.2, 0.25) is 0 Å². The number of hydrogen-bond acceptors (Lipinski definition) is 4. The van der Waals surface area contributed by atoms with E-state index in [1.807, 2.05) is 0 Å². The molecule has 0 aromatic carbocycles. The van der Waals surface area contributed by atoms with Crippen LogP contribution < -0.4 is 15.4 Å². The van der Waals surface area contributed by atoms with Gasteiger partial charge in [0.25, 0.3) is 0 Å². The fourth-order valence-corrected chi connectivity index (χ4v) is 2.09.